The molecule has 2 aromatic heterocycles. The lowest BCUT2D eigenvalue weighted by molar-refractivity contribution is 0.0687. The third-order valence-corrected chi connectivity index (χ3v) is 5.73. The molecule has 1 N–H and O–H groups in total. The van der Waals surface area contributed by atoms with Crippen molar-refractivity contribution in [3.05, 3.63) is 64.6 Å². The Kier molecular flexibility index (Phi) is 4.79. The summed E-state index contributed by atoms with van der Waals surface area (Å²) < 4.78 is 2.40. The van der Waals surface area contributed by atoms with E-state index in [1.807, 2.05) is 29.2 Å². The number of hydrogen-bond donors (Lipinski definition) is 1. The fraction of sp³-hybridized carbons (Fsp3) is 0.333. The van der Waals surface area contributed by atoms with Crippen molar-refractivity contribution in [3.8, 4) is 11.3 Å². The molecule has 1 aliphatic heterocycles. The van der Waals surface area contributed by atoms with E-state index in [0.29, 0.717) is 22.5 Å². The van der Waals surface area contributed by atoms with Gasteiger partial charge < -0.3 is 9.47 Å². The molecular weight excluding hydrogens is 360 g/mol. The van der Waals surface area contributed by atoms with E-state index in [1.165, 1.54) is 11.4 Å². The van der Waals surface area contributed by atoms with Gasteiger partial charge in [-0.3, -0.25) is 9.89 Å². The van der Waals surface area contributed by atoms with E-state index in [4.69, 9.17) is 11.6 Å². The van der Waals surface area contributed by atoms with Gasteiger partial charge in [0.2, 0.25) is 0 Å². The van der Waals surface area contributed by atoms with Gasteiger partial charge in [0.15, 0.2) is 0 Å². The molecule has 0 saturated carbocycles. The number of amides is 1. The number of carbonyl (C=O) groups excluding carboxylic acids is 1. The third kappa shape index (κ3) is 3.39. The number of piperidine rings is 1. The first-order chi connectivity index (χ1) is 13.0. The van der Waals surface area contributed by atoms with Crippen LogP contribution >= 0.6 is 11.6 Å². The van der Waals surface area contributed by atoms with E-state index in [2.05, 4.69) is 40.7 Å². The molecule has 0 bridgehead atoms. The number of hydrogen-bond acceptors (Lipinski definition) is 2. The summed E-state index contributed by atoms with van der Waals surface area (Å²) in [7, 11) is 0. The normalized spacial score (nSPS) is 15.3. The van der Waals surface area contributed by atoms with Crippen LogP contribution in [0.3, 0.4) is 0 Å². The van der Waals surface area contributed by atoms with Crippen molar-refractivity contribution in [2.75, 3.05) is 13.1 Å². The molecule has 0 atom stereocenters. The second kappa shape index (κ2) is 7.24. The molecule has 1 amide bonds. The summed E-state index contributed by atoms with van der Waals surface area (Å²) in [4.78, 5) is 14.8. The van der Waals surface area contributed by atoms with Crippen LogP contribution in [0, 0.1) is 13.8 Å². The lowest BCUT2D eigenvalue weighted by atomic mass is 10.0. The number of H-pyrrole nitrogens is 1. The largest absolute Gasteiger partial charge is 0.346 e. The van der Waals surface area contributed by atoms with E-state index < -0.39 is 0 Å². The number of aromatic nitrogens is 3. The number of likely N-dealkylation sites (tertiary alicyclic amines) is 1. The summed E-state index contributed by atoms with van der Waals surface area (Å²) in [6.45, 7) is 5.79. The van der Waals surface area contributed by atoms with Crippen LogP contribution in [0.25, 0.3) is 11.3 Å². The van der Waals surface area contributed by atoms with Gasteiger partial charge in [-0.15, -0.1) is 0 Å². The molecule has 3 aromatic rings. The van der Waals surface area contributed by atoms with E-state index in [1.54, 1.807) is 6.07 Å². The van der Waals surface area contributed by atoms with Gasteiger partial charge in [0.25, 0.3) is 5.91 Å². The fourth-order valence-electron chi connectivity index (χ4n) is 3.99. The lowest BCUT2D eigenvalue weighted by Crippen LogP contribution is -2.39. The maximum Gasteiger partial charge on any atom is 0.271 e. The Bertz CT molecular complexity index is 947. The van der Waals surface area contributed by atoms with Crippen LogP contribution in [0.15, 0.2) is 42.5 Å². The van der Waals surface area contributed by atoms with Crippen LogP contribution in [0.4, 0.5) is 0 Å². The summed E-state index contributed by atoms with van der Waals surface area (Å²) >= 11 is 6.24. The average molecular weight is 383 g/mol. The molecule has 3 heterocycles. The molecule has 140 valence electrons. The maximum absolute atomic E-state index is 12.9. The van der Waals surface area contributed by atoms with Crippen molar-refractivity contribution >= 4 is 17.5 Å². The quantitative estimate of drug-likeness (QED) is 0.718. The van der Waals surface area contributed by atoms with Crippen molar-refractivity contribution in [1.82, 2.24) is 19.7 Å². The van der Waals surface area contributed by atoms with Gasteiger partial charge in [0.1, 0.15) is 5.69 Å². The topological polar surface area (TPSA) is 53.9 Å². The second-order valence-corrected chi connectivity index (χ2v) is 7.56. The number of aromatic amines is 1. The zero-order valence-electron chi connectivity index (χ0n) is 15.6. The highest BCUT2D eigenvalue weighted by atomic mass is 35.5. The summed E-state index contributed by atoms with van der Waals surface area (Å²) in [5.74, 6) is 0.000188. The Morgan fingerprint density at radius 1 is 1.11 bits per heavy atom. The van der Waals surface area contributed by atoms with Crippen LogP contribution < -0.4 is 0 Å². The first-order valence-electron chi connectivity index (χ1n) is 9.28. The molecule has 6 heteroatoms. The Morgan fingerprint density at radius 3 is 2.44 bits per heavy atom. The fourth-order valence-corrected chi connectivity index (χ4v) is 4.22. The molecule has 0 aliphatic carbocycles. The molecule has 4 rings (SSSR count). The number of rotatable bonds is 3. The molecule has 1 saturated heterocycles. The van der Waals surface area contributed by atoms with E-state index >= 15 is 0 Å². The Labute approximate surface area is 164 Å². The van der Waals surface area contributed by atoms with Crippen LogP contribution in [0.5, 0.6) is 0 Å². The summed E-state index contributed by atoms with van der Waals surface area (Å²) in [5.41, 5.74) is 4.60. The number of nitrogens with one attached hydrogen (secondary N) is 1. The highest BCUT2D eigenvalue weighted by Gasteiger charge is 2.26. The molecule has 27 heavy (non-hydrogen) atoms. The van der Waals surface area contributed by atoms with Gasteiger partial charge in [-0.05, 0) is 51.0 Å². The van der Waals surface area contributed by atoms with Gasteiger partial charge in [0.05, 0.1) is 10.7 Å². The zero-order chi connectivity index (χ0) is 19.0. The molecule has 0 spiro atoms. The Morgan fingerprint density at radius 2 is 1.78 bits per heavy atom. The van der Waals surface area contributed by atoms with Gasteiger partial charge in [-0.25, -0.2) is 0 Å². The van der Waals surface area contributed by atoms with E-state index in [-0.39, 0.29) is 5.91 Å². The van der Waals surface area contributed by atoms with Crippen molar-refractivity contribution < 1.29 is 4.79 Å². The molecule has 1 aromatic carbocycles. The number of carbonyl (C=O) groups is 1. The first kappa shape index (κ1) is 17.9. The van der Waals surface area contributed by atoms with Crippen molar-refractivity contribution in [2.24, 2.45) is 0 Å². The van der Waals surface area contributed by atoms with E-state index in [0.717, 1.165) is 31.5 Å². The predicted octanol–water partition coefficient (Wildman–Crippen LogP) is 4.63. The monoisotopic (exact) mass is 382 g/mol. The summed E-state index contributed by atoms with van der Waals surface area (Å²) in [5, 5.41) is 7.79. The minimum absolute atomic E-state index is 0.000188. The van der Waals surface area contributed by atoms with Crippen LogP contribution in [0.2, 0.25) is 5.02 Å². The summed E-state index contributed by atoms with van der Waals surface area (Å²) in [6.07, 6.45) is 1.93. The number of nitrogens with zero attached hydrogens (tertiary/aromatic N) is 3. The molecule has 0 unspecified atom stereocenters. The standard InChI is InChI=1S/C21H23ClN4O/c1-14-7-8-15(2)26(14)16-9-11-25(12-10-16)21(27)20-13-19(23-24-20)17-5-3-4-6-18(17)22/h3-8,13,16H,9-12H2,1-2H3,(H,23,24). The highest BCUT2D eigenvalue weighted by molar-refractivity contribution is 6.33. The number of halogens is 1. The molecule has 5 nitrogen and oxygen atoms in total. The van der Waals surface area contributed by atoms with Crippen LogP contribution in [-0.2, 0) is 0 Å². The second-order valence-electron chi connectivity index (χ2n) is 7.16. The smallest absolute Gasteiger partial charge is 0.271 e. The van der Waals surface area contributed by atoms with Crippen molar-refractivity contribution in [1.29, 1.82) is 0 Å². The summed E-state index contributed by atoms with van der Waals surface area (Å²) in [6, 6.07) is 14.1. The SMILES string of the molecule is Cc1ccc(C)n1C1CCN(C(=O)c2cc(-c3ccccc3Cl)n[nH]2)CC1. The van der Waals surface area contributed by atoms with E-state index in [9.17, 15) is 4.79 Å². The predicted molar refractivity (Wildman–Crippen MR) is 107 cm³/mol. The van der Waals surface area contributed by atoms with Crippen molar-refractivity contribution in [2.45, 2.75) is 32.7 Å². The number of benzene rings is 1. The van der Waals surface area contributed by atoms with Crippen molar-refractivity contribution in [3.63, 3.8) is 0 Å². The number of aryl methyl sites for hydroxylation is 2. The minimum atomic E-state index is 0.000188. The molecule has 1 fully saturated rings. The molecule has 0 radical (unpaired) electrons. The van der Waals surface area contributed by atoms with Crippen LogP contribution in [-0.4, -0.2) is 38.7 Å². The first-order valence-corrected chi connectivity index (χ1v) is 9.66. The lowest BCUT2D eigenvalue weighted by Gasteiger charge is -2.33. The highest BCUT2D eigenvalue weighted by Crippen LogP contribution is 2.29. The molecular formula is C21H23ClN4O. The van der Waals surface area contributed by atoms with Gasteiger partial charge in [-0.1, -0.05) is 29.8 Å². The van der Waals surface area contributed by atoms with Gasteiger partial charge in [-0.2, -0.15) is 5.10 Å². The third-order valence-electron chi connectivity index (χ3n) is 5.40. The van der Waals surface area contributed by atoms with Crippen LogP contribution in [0.1, 0.15) is 40.8 Å². The van der Waals surface area contributed by atoms with Gasteiger partial charge in [0, 0.05) is 36.1 Å². The van der Waals surface area contributed by atoms with Gasteiger partial charge >= 0.3 is 0 Å². The zero-order valence-corrected chi connectivity index (χ0v) is 16.3. The average Bonchev–Trinajstić information content (AvgIpc) is 3.29. The maximum atomic E-state index is 12.9. The minimum Gasteiger partial charge on any atom is -0.346 e. The Balaban J connectivity index is 1.45. The Hall–Kier alpha value is -2.53. The molecule has 1 aliphatic rings.